The third-order valence-electron chi connectivity index (χ3n) is 4.20. The molecule has 0 fully saturated rings. The molecule has 2 aromatic rings. The average molecular weight is 442 g/mol. The van der Waals surface area contributed by atoms with Gasteiger partial charge in [-0.05, 0) is 43.2 Å². The van der Waals surface area contributed by atoms with Gasteiger partial charge in [-0.2, -0.15) is 0 Å². The van der Waals surface area contributed by atoms with Gasteiger partial charge in [-0.15, -0.1) is 11.6 Å². The average Bonchev–Trinajstić information content (AvgIpc) is 2.72. The Morgan fingerprint density at radius 3 is 2.21 bits per heavy atom. The minimum absolute atomic E-state index is 0.000886. The van der Waals surface area contributed by atoms with Crippen molar-refractivity contribution in [2.24, 2.45) is 0 Å². The number of carbonyl (C=O) groups excluding carboxylic acids is 1. The Morgan fingerprint density at radius 1 is 0.931 bits per heavy atom. The molecule has 0 saturated carbocycles. The van der Waals surface area contributed by atoms with Gasteiger partial charge in [-0.3, -0.25) is 9.52 Å². The number of anilines is 1. The Morgan fingerprint density at radius 2 is 1.59 bits per heavy atom. The van der Waals surface area contributed by atoms with Crippen molar-refractivity contribution in [2.45, 2.75) is 24.2 Å². The van der Waals surface area contributed by atoms with Gasteiger partial charge in [0.2, 0.25) is 0 Å². The minimum Gasteiger partial charge on any atom is -0.496 e. The summed E-state index contributed by atoms with van der Waals surface area (Å²) in [5, 5.41) is 0. The quantitative estimate of drug-likeness (QED) is 0.320. The normalized spacial score (nSPS) is 11.0. The fourth-order valence-electron chi connectivity index (χ4n) is 2.70. The molecule has 0 aliphatic heterocycles. The van der Waals surface area contributed by atoms with E-state index in [1.807, 2.05) is 0 Å². The topological polar surface area (TPSA) is 90.9 Å². The Bertz CT molecular complexity index is 961. The van der Waals surface area contributed by atoms with E-state index in [0.717, 1.165) is 6.42 Å². The Labute approximate surface area is 176 Å². The molecule has 0 aromatic heterocycles. The lowest BCUT2D eigenvalue weighted by molar-refractivity contribution is 0.0977. The monoisotopic (exact) mass is 441 g/mol. The first-order chi connectivity index (χ1) is 13.9. The van der Waals surface area contributed by atoms with Gasteiger partial charge in [0.1, 0.15) is 5.75 Å². The second-order valence-corrected chi connectivity index (χ2v) is 8.17. The number of benzene rings is 2. The van der Waals surface area contributed by atoms with Crippen molar-refractivity contribution in [2.75, 3.05) is 31.9 Å². The summed E-state index contributed by atoms with van der Waals surface area (Å²) in [7, 11) is 0.437. The van der Waals surface area contributed by atoms with E-state index in [1.54, 1.807) is 6.07 Å². The molecule has 0 saturated heterocycles. The zero-order chi connectivity index (χ0) is 21.4. The summed E-state index contributed by atoms with van der Waals surface area (Å²) in [5.41, 5.74) is 0.566. The Hall–Kier alpha value is -2.45. The number of nitrogens with one attached hydrogen (secondary N) is 1. The maximum absolute atomic E-state index is 12.8. The summed E-state index contributed by atoms with van der Waals surface area (Å²) in [6.45, 7) is 0. The number of methoxy groups -OCH3 is 3. The number of carbonyl (C=O) groups is 1. The van der Waals surface area contributed by atoms with Crippen molar-refractivity contribution in [3.05, 3.63) is 42.0 Å². The predicted molar refractivity (Wildman–Crippen MR) is 112 cm³/mol. The van der Waals surface area contributed by atoms with Crippen LogP contribution >= 0.6 is 11.6 Å². The van der Waals surface area contributed by atoms with Crippen LogP contribution < -0.4 is 18.9 Å². The molecule has 0 atom stereocenters. The highest BCUT2D eigenvalue weighted by atomic mass is 35.5. The van der Waals surface area contributed by atoms with Crippen molar-refractivity contribution >= 4 is 33.1 Å². The van der Waals surface area contributed by atoms with Crippen LogP contribution in [0.5, 0.6) is 17.2 Å². The number of hydrogen-bond acceptors (Lipinski definition) is 6. The molecule has 0 bridgehead atoms. The number of sulfonamides is 1. The maximum atomic E-state index is 12.8. The van der Waals surface area contributed by atoms with E-state index in [0.29, 0.717) is 41.5 Å². The minimum atomic E-state index is -3.91. The molecule has 7 nitrogen and oxygen atoms in total. The largest absolute Gasteiger partial charge is 0.496 e. The number of alkyl halides is 1. The van der Waals surface area contributed by atoms with Gasteiger partial charge in [-0.1, -0.05) is 0 Å². The van der Waals surface area contributed by atoms with Crippen LogP contribution in [-0.4, -0.2) is 41.4 Å². The number of ketones is 1. The fourth-order valence-corrected chi connectivity index (χ4v) is 3.96. The smallest absolute Gasteiger partial charge is 0.262 e. The second kappa shape index (κ2) is 10.4. The molecule has 0 amide bonds. The molecule has 1 N–H and O–H groups in total. The van der Waals surface area contributed by atoms with E-state index in [9.17, 15) is 13.2 Å². The third-order valence-corrected chi connectivity index (χ3v) is 5.85. The molecule has 0 aliphatic carbocycles. The lowest BCUT2D eigenvalue weighted by atomic mass is 10.0. The molecule has 9 heteroatoms. The first kappa shape index (κ1) is 22.8. The number of hydrogen-bond donors (Lipinski definition) is 1. The molecule has 0 radical (unpaired) electrons. The number of halogens is 1. The summed E-state index contributed by atoms with van der Waals surface area (Å²) < 4.78 is 43.6. The molecule has 158 valence electrons. The van der Waals surface area contributed by atoms with Crippen LogP contribution in [0, 0.1) is 0 Å². The first-order valence-electron chi connectivity index (χ1n) is 8.88. The molecule has 0 aliphatic rings. The van der Waals surface area contributed by atoms with E-state index in [4.69, 9.17) is 25.8 Å². The molecule has 0 spiro atoms. The molecule has 0 unspecified atom stereocenters. The lowest BCUT2D eigenvalue weighted by Gasteiger charge is -2.13. The second-order valence-electron chi connectivity index (χ2n) is 6.11. The zero-order valence-electron chi connectivity index (χ0n) is 16.5. The van der Waals surface area contributed by atoms with E-state index < -0.39 is 10.0 Å². The van der Waals surface area contributed by atoms with Crippen LogP contribution in [0.15, 0.2) is 41.3 Å². The number of Topliss-reactive ketones (excluding diaryl/α,β-unsaturated/α-hetero) is 1. The van der Waals surface area contributed by atoms with Crippen LogP contribution in [0.1, 0.15) is 29.6 Å². The van der Waals surface area contributed by atoms with Crippen LogP contribution in [-0.2, 0) is 10.0 Å². The molecule has 29 heavy (non-hydrogen) atoms. The summed E-state index contributed by atoms with van der Waals surface area (Å²) in [5.74, 6) is 1.44. The van der Waals surface area contributed by atoms with Gasteiger partial charge < -0.3 is 14.2 Å². The van der Waals surface area contributed by atoms with Crippen LogP contribution in [0.2, 0.25) is 0 Å². The highest BCUT2D eigenvalue weighted by molar-refractivity contribution is 7.92. The van der Waals surface area contributed by atoms with E-state index in [-0.39, 0.29) is 16.4 Å². The number of unbranched alkanes of at least 4 members (excludes halogenated alkanes) is 1. The van der Waals surface area contributed by atoms with Gasteiger partial charge in [0.25, 0.3) is 10.0 Å². The lowest BCUT2D eigenvalue weighted by Crippen LogP contribution is -2.14. The molecule has 2 aromatic carbocycles. The summed E-state index contributed by atoms with van der Waals surface area (Å²) in [6.07, 6.45) is 1.67. The highest BCUT2D eigenvalue weighted by Crippen LogP contribution is 2.31. The van der Waals surface area contributed by atoms with E-state index in [1.165, 1.54) is 51.7 Å². The van der Waals surface area contributed by atoms with Crippen molar-refractivity contribution in [3.63, 3.8) is 0 Å². The summed E-state index contributed by atoms with van der Waals surface area (Å²) in [4.78, 5) is 12.5. The first-order valence-corrected chi connectivity index (χ1v) is 10.9. The van der Waals surface area contributed by atoms with Gasteiger partial charge >= 0.3 is 0 Å². The van der Waals surface area contributed by atoms with Crippen LogP contribution in [0.3, 0.4) is 0 Å². The zero-order valence-corrected chi connectivity index (χ0v) is 18.1. The maximum Gasteiger partial charge on any atom is 0.262 e. The number of ether oxygens (including phenoxy) is 3. The Kier molecular flexibility index (Phi) is 8.16. The molecular formula is C20H24ClNO6S. The Balaban J connectivity index is 2.30. The van der Waals surface area contributed by atoms with Crippen LogP contribution in [0.4, 0.5) is 5.69 Å². The number of rotatable bonds is 11. The summed E-state index contributed by atoms with van der Waals surface area (Å²) >= 11 is 5.66. The predicted octanol–water partition coefficient (Wildman–Crippen LogP) is 4.11. The summed E-state index contributed by atoms with van der Waals surface area (Å²) in [6, 6.07) is 8.84. The standard InChI is InChI=1S/C20H24ClNO6S/c1-26-18-9-7-14(12-16(18)17(23)6-4-5-11-21)22-29(24,25)15-8-10-19(27-2)20(13-15)28-3/h7-10,12-13,22H,4-6,11H2,1-3H3. The van der Waals surface area contributed by atoms with E-state index in [2.05, 4.69) is 4.72 Å². The highest BCUT2D eigenvalue weighted by Gasteiger charge is 2.19. The van der Waals surface area contributed by atoms with Gasteiger partial charge in [0, 0.05) is 24.1 Å². The molecule has 0 heterocycles. The van der Waals surface area contributed by atoms with Gasteiger partial charge in [-0.25, -0.2) is 8.42 Å². The van der Waals surface area contributed by atoms with Crippen molar-refractivity contribution in [3.8, 4) is 17.2 Å². The van der Waals surface area contributed by atoms with Crippen molar-refractivity contribution < 1.29 is 27.4 Å². The molecular weight excluding hydrogens is 418 g/mol. The van der Waals surface area contributed by atoms with Crippen LogP contribution in [0.25, 0.3) is 0 Å². The van der Waals surface area contributed by atoms with Crippen molar-refractivity contribution in [1.82, 2.24) is 0 Å². The van der Waals surface area contributed by atoms with E-state index >= 15 is 0 Å². The SMILES string of the molecule is COc1ccc(S(=O)(=O)Nc2ccc(OC)c(C(=O)CCCCCl)c2)cc1OC. The third kappa shape index (κ3) is 5.77. The fraction of sp³-hybridized carbons (Fsp3) is 0.350. The van der Waals surface area contributed by atoms with Gasteiger partial charge in [0.15, 0.2) is 17.3 Å². The van der Waals surface area contributed by atoms with Gasteiger partial charge in [0.05, 0.1) is 31.8 Å². The van der Waals surface area contributed by atoms with Crippen molar-refractivity contribution in [1.29, 1.82) is 0 Å². The molecule has 2 rings (SSSR count).